The van der Waals surface area contributed by atoms with Gasteiger partial charge in [0.1, 0.15) is 5.69 Å². The van der Waals surface area contributed by atoms with Crippen LogP contribution < -0.4 is 5.73 Å². The lowest BCUT2D eigenvalue weighted by Gasteiger charge is -2.08. The average Bonchev–Trinajstić information content (AvgIpc) is 2.65. The van der Waals surface area contributed by atoms with Crippen LogP contribution in [-0.4, -0.2) is 20.7 Å². The van der Waals surface area contributed by atoms with Gasteiger partial charge < -0.3 is 5.73 Å². The summed E-state index contributed by atoms with van der Waals surface area (Å²) in [7, 11) is 0. The van der Waals surface area contributed by atoms with Gasteiger partial charge in [-0.3, -0.25) is 9.78 Å². The first kappa shape index (κ1) is 18.2. The van der Waals surface area contributed by atoms with E-state index in [0.29, 0.717) is 5.69 Å². The smallest absolute Gasteiger partial charge is 0.189 e. The number of Topliss-reactive ketones (excluding diaryl/α,β-unsaturated/α-hetero) is 1. The van der Waals surface area contributed by atoms with Crippen LogP contribution in [0.1, 0.15) is 35.0 Å². The molecule has 3 rings (SSSR count). The third kappa shape index (κ3) is 4.14. The number of nitrogens with two attached hydrogens (primary N) is 1. The summed E-state index contributed by atoms with van der Waals surface area (Å²) in [5.41, 5.74) is 9.70. The molecule has 2 N–H and O–H groups in total. The van der Waals surface area contributed by atoms with Gasteiger partial charge in [-0.15, -0.1) is 0 Å². The quantitative estimate of drug-likeness (QED) is 0.613. The number of carbonyl (C=O) groups is 1. The summed E-state index contributed by atoms with van der Waals surface area (Å²) in [6.45, 7) is 2.15. The maximum absolute atomic E-state index is 12.7. The zero-order chi connectivity index (χ0) is 18.5. The molecule has 0 aliphatic rings. The minimum Gasteiger partial charge on any atom is -0.382 e. The van der Waals surface area contributed by atoms with Crippen molar-refractivity contribution in [3.63, 3.8) is 0 Å². The third-order valence-corrected chi connectivity index (χ3v) is 4.82. The van der Waals surface area contributed by atoms with Gasteiger partial charge in [-0.2, -0.15) is 0 Å². The Kier molecular flexibility index (Phi) is 5.73. The van der Waals surface area contributed by atoms with E-state index in [9.17, 15) is 4.79 Å². The zero-order valence-electron chi connectivity index (χ0n) is 14.4. The van der Waals surface area contributed by atoms with Crippen LogP contribution in [0.4, 0.5) is 5.82 Å². The number of hydrogen-bond acceptors (Lipinski definition) is 5. The van der Waals surface area contributed by atoms with Crippen LogP contribution in [0.2, 0.25) is 0 Å². The Hall–Kier alpha value is -2.60. The van der Waals surface area contributed by atoms with Crippen molar-refractivity contribution in [1.82, 2.24) is 15.0 Å². The predicted molar refractivity (Wildman–Crippen MR) is 106 cm³/mol. The number of aryl methyl sites for hydroxylation is 1. The first-order valence-corrected chi connectivity index (χ1v) is 9.21. The molecule has 132 valence electrons. The summed E-state index contributed by atoms with van der Waals surface area (Å²) >= 11 is 3.43. The van der Waals surface area contributed by atoms with Crippen molar-refractivity contribution >= 4 is 27.5 Å². The van der Waals surface area contributed by atoms with Crippen molar-refractivity contribution in [3.05, 3.63) is 70.2 Å². The average molecular weight is 411 g/mol. The molecule has 0 radical (unpaired) electrons. The SMILES string of the molecule is CCCc1ccc(-c2cnc(N)c(C(=O)Cc3cnccc3Br)n2)cc1. The number of halogens is 1. The molecule has 0 amide bonds. The standard InChI is InChI=1S/C20H19BrN4O/c1-2-3-13-4-6-14(7-5-13)17-12-24-20(22)19(25-17)18(26)10-15-11-23-9-8-16(15)21/h4-9,11-12H,2-3,10H2,1H3,(H2,22,24). The van der Waals surface area contributed by atoms with Gasteiger partial charge in [-0.25, -0.2) is 9.97 Å². The maximum Gasteiger partial charge on any atom is 0.189 e. The highest BCUT2D eigenvalue weighted by molar-refractivity contribution is 9.10. The predicted octanol–water partition coefficient (Wildman–Crippen LogP) is 4.26. The largest absolute Gasteiger partial charge is 0.382 e. The van der Waals surface area contributed by atoms with Gasteiger partial charge in [-0.1, -0.05) is 53.5 Å². The Morgan fingerprint density at radius 1 is 1.15 bits per heavy atom. The number of nitrogen functional groups attached to an aromatic ring is 1. The monoisotopic (exact) mass is 410 g/mol. The summed E-state index contributed by atoms with van der Waals surface area (Å²) in [6, 6.07) is 9.94. The number of ketones is 1. The Morgan fingerprint density at radius 2 is 1.92 bits per heavy atom. The molecule has 0 aliphatic carbocycles. The van der Waals surface area contributed by atoms with E-state index in [1.54, 1.807) is 24.7 Å². The minimum absolute atomic E-state index is 0.140. The van der Waals surface area contributed by atoms with E-state index in [-0.39, 0.29) is 23.7 Å². The fourth-order valence-corrected chi connectivity index (χ4v) is 3.03. The number of pyridine rings is 1. The number of carbonyl (C=O) groups excluding carboxylic acids is 1. The lowest BCUT2D eigenvalue weighted by atomic mass is 10.1. The molecule has 1 aromatic carbocycles. The van der Waals surface area contributed by atoms with Crippen molar-refractivity contribution in [2.75, 3.05) is 5.73 Å². The first-order valence-electron chi connectivity index (χ1n) is 8.42. The van der Waals surface area contributed by atoms with Gasteiger partial charge in [0.05, 0.1) is 11.9 Å². The Morgan fingerprint density at radius 3 is 2.62 bits per heavy atom. The molecule has 0 saturated heterocycles. The molecule has 0 unspecified atom stereocenters. The van der Waals surface area contributed by atoms with Crippen molar-refractivity contribution in [2.24, 2.45) is 0 Å². The summed E-state index contributed by atoms with van der Waals surface area (Å²) in [5.74, 6) is -0.0467. The van der Waals surface area contributed by atoms with Crippen molar-refractivity contribution in [2.45, 2.75) is 26.2 Å². The molecule has 0 spiro atoms. The van der Waals surface area contributed by atoms with Crippen molar-refractivity contribution in [1.29, 1.82) is 0 Å². The molecule has 26 heavy (non-hydrogen) atoms. The summed E-state index contributed by atoms with van der Waals surface area (Å²) in [6.07, 6.45) is 7.21. The number of anilines is 1. The molecule has 2 heterocycles. The molecule has 0 atom stereocenters. The van der Waals surface area contributed by atoms with Gasteiger partial charge in [0.15, 0.2) is 11.6 Å². The number of aromatic nitrogens is 3. The second kappa shape index (κ2) is 8.19. The van der Waals surface area contributed by atoms with Crippen LogP contribution >= 0.6 is 15.9 Å². The Bertz CT molecular complexity index is 925. The van der Waals surface area contributed by atoms with E-state index in [0.717, 1.165) is 28.4 Å². The van der Waals surface area contributed by atoms with Crippen molar-refractivity contribution in [3.8, 4) is 11.3 Å². The maximum atomic E-state index is 12.7. The molecular weight excluding hydrogens is 392 g/mol. The van der Waals surface area contributed by atoms with Gasteiger partial charge in [0.2, 0.25) is 0 Å². The first-order chi connectivity index (χ1) is 12.6. The Labute approximate surface area is 160 Å². The zero-order valence-corrected chi connectivity index (χ0v) is 16.0. The van der Waals surface area contributed by atoms with Crippen LogP contribution in [0, 0.1) is 0 Å². The molecule has 2 aromatic heterocycles. The molecule has 0 fully saturated rings. The van der Waals surface area contributed by atoms with E-state index >= 15 is 0 Å². The third-order valence-electron chi connectivity index (χ3n) is 4.05. The van der Waals surface area contributed by atoms with E-state index < -0.39 is 0 Å². The lowest BCUT2D eigenvalue weighted by Crippen LogP contribution is -2.12. The van der Waals surface area contributed by atoms with Crippen molar-refractivity contribution < 1.29 is 4.79 Å². The van der Waals surface area contributed by atoms with Crippen LogP contribution in [0.3, 0.4) is 0 Å². The summed E-state index contributed by atoms with van der Waals surface area (Å²) in [4.78, 5) is 25.4. The van der Waals surface area contributed by atoms with Gasteiger partial charge in [-0.05, 0) is 23.6 Å². The highest BCUT2D eigenvalue weighted by atomic mass is 79.9. The van der Waals surface area contributed by atoms with Gasteiger partial charge in [0.25, 0.3) is 0 Å². The number of benzene rings is 1. The highest BCUT2D eigenvalue weighted by Gasteiger charge is 2.16. The number of hydrogen-bond donors (Lipinski definition) is 1. The fraction of sp³-hybridized carbons (Fsp3) is 0.200. The molecule has 0 saturated carbocycles. The minimum atomic E-state index is -0.187. The highest BCUT2D eigenvalue weighted by Crippen LogP contribution is 2.22. The molecule has 0 bridgehead atoms. The second-order valence-electron chi connectivity index (χ2n) is 6.00. The van der Waals surface area contributed by atoms with E-state index in [1.807, 2.05) is 12.1 Å². The number of rotatable bonds is 6. The van der Waals surface area contributed by atoms with Crippen LogP contribution in [0.15, 0.2) is 53.4 Å². The van der Waals surface area contributed by atoms with Crippen LogP contribution in [0.25, 0.3) is 11.3 Å². The van der Waals surface area contributed by atoms with E-state index in [4.69, 9.17) is 5.73 Å². The Balaban J connectivity index is 1.87. The van der Waals surface area contributed by atoms with Crippen LogP contribution in [0.5, 0.6) is 0 Å². The summed E-state index contributed by atoms with van der Waals surface area (Å²) in [5, 5.41) is 0. The normalized spacial score (nSPS) is 10.7. The molecular formula is C20H19BrN4O. The molecule has 5 nitrogen and oxygen atoms in total. The molecule has 6 heteroatoms. The van der Waals surface area contributed by atoms with Gasteiger partial charge >= 0.3 is 0 Å². The van der Waals surface area contributed by atoms with Gasteiger partial charge in [0, 0.05) is 28.9 Å². The van der Waals surface area contributed by atoms with Crippen LogP contribution in [-0.2, 0) is 12.8 Å². The summed E-state index contributed by atoms with van der Waals surface area (Å²) < 4.78 is 0.829. The van der Waals surface area contributed by atoms with E-state index in [2.05, 4.69) is 49.9 Å². The number of nitrogens with zero attached hydrogens (tertiary/aromatic N) is 3. The second-order valence-corrected chi connectivity index (χ2v) is 6.86. The molecule has 0 aliphatic heterocycles. The van der Waals surface area contributed by atoms with E-state index in [1.165, 1.54) is 5.56 Å². The topological polar surface area (TPSA) is 81.8 Å². The molecule has 3 aromatic rings. The fourth-order valence-electron chi connectivity index (χ4n) is 2.67. The lowest BCUT2D eigenvalue weighted by molar-refractivity contribution is 0.0988.